The molecule has 2 heteroatoms. The summed E-state index contributed by atoms with van der Waals surface area (Å²) in [6.07, 6.45) is 12.1. The predicted octanol–water partition coefficient (Wildman–Crippen LogP) is 3.10. The van der Waals surface area contributed by atoms with E-state index in [1.807, 2.05) is 0 Å². The Labute approximate surface area is 94.6 Å². The molecule has 2 nitrogen and oxygen atoms in total. The van der Waals surface area contributed by atoms with Crippen LogP contribution in [0.4, 0.5) is 0 Å². The van der Waals surface area contributed by atoms with Crippen LogP contribution < -0.4 is 5.73 Å². The van der Waals surface area contributed by atoms with Gasteiger partial charge in [0.25, 0.3) is 0 Å². The zero-order chi connectivity index (χ0) is 10.9. The molecule has 1 fully saturated rings. The lowest BCUT2D eigenvalue weighted by Gasteiger charge is -2.22. The first kappa shape index (κ1) is 13.0. The normalized spacial score (nSPS) is 20.4. The van der Waals surface area contributed by atoms with Crippen LogP contribution in [0.3, 0.4) is 0 Å². The first-order valence-electron chi connectivity index (χ1n) is 6.57. The molecule has 0 saturated heterocycles. The van der Waals surface area contributed by atoms with E-state index in [1.54, 1.807) is 7.11 Å². The standard InChI is InChI=1S/C13H27NO/c1-15-11-5-8-13(14)10-9-12-6-3-2-4-7-12/h12-13H,2-11,14H2,1H3. The Bertz CT molecular complexity index is 143. The summed E-state index contributed by atoms with van der Waals surface area (Å²) in [5, 5.41) is 0. The fourth-order valence-corrected chi connectivity index (χ4v) is 2.56. The molecule has 0 bridgehead atoms. The minimum Gasteiger partial charge on any atom is -0.385 e. The van der Waals surface area contributed by atoms with Crippen molar-refractivity contribution in [3.63, 3.8) is 0 Å². The molecule has 0 amide bonds. The molecule has 0 aromatic rings. The second kappa shape index (κ2) is 8.12. The molecule has 1 unspecified atom stereocenters. The topological polar surface area (TPSA) is 35.2 Å². The summed E-state index contributed by atoms with van der Waals surface area (Å²) in [6, 6.07) is 0.405. The maximum Gasteiger partial charge on any atom is 0.0462 e. The quantitative estimate of drug-likeness (QED) is 0.660. The molecular formula is C13H27NO. The zero-order valence-electron chi connectivity index (χ0n) is 10.2. The van der Waals surface area contributed by atoms with Gasteiger partial charge < -0.3 is 10.5 Å². The number of rotatable bonds is 7. The van der Waals surface area contributed by atoms with Crippen molar-refractivity contribution < 1.29 is 4.74 Å². The molecule has 0 radical (unpaired) electrons. The molecule has 15 heavy (non-hydrogen) atoms. The van der Waals surface area contributed by atoms with E-state index in [2.05, 4.69) is 0 Å². The Kier molecular flexibility index (Phi) is 7.03. The summed E-state index contributed by atoms with van der Waals surface area (Å²) in [5.41, 5.74) is 6.08. The van der Waals surface area contributed by atoms with Gasteiger partial charge in [-0.3, -0.25) is 0 Å². The minimum absolute atomic E-state index is 0.405. The third kappa shape index (κ3) is 6.16. The highest BCUT2D eigenvalue weighted by atomic mass is 16.5. The maximum atomic E-state index is 6.08. The van der Waals surface area contributed by atoms with Gasteiger partial charge in [-0.25, -0.2) is 0 Å². The Hall–Kier alpha value is -0.0800. The van der Waals surface area contributed by atoms with Gasteiger partial charge in [-0.05, 0) is 31.6 Å². The lowest BCUT2D eigenvalue weighted by molar-refractivity contribution is 0.189. The Morgan fingerprint density at radius 1 is 1.20 bits per heavy atom. The summed E-state index contributed by atoms with van der Waals surface area (Å²) in [5.74, 6) is 0.979. The molecule has 1 saturated carbocycles. The van der Waals surface area contributed by atoms with E-state index in [-0.39, 0.29) is 0 Å². The van der Waals surface area contributed by atoms with Gasteiger partial charge in [0.2, 0.25) is 0 Å². The third-order valence-corrected chi connectivity index (χ3v) is 3.59. The van der Waals surface area contributed by atoms with Crippen LogP contribution >= 0.6 is 0 Å². The number of hydrogen-bond acceptors (Lipinski definition) is 2. The number of hydrogen-bond donors (Lipinski definition) is 1. The highest BCUT2D eigenvalue weighted by molar-refractivity contribution is 4.69. The second-order valence-electron chi connectivity index (χ2n) is 4.98. The van der Waals surface area contributed by atoms with Crippen molar-refractivity contribution in [1.82, 2.24) is 0 Å². The Balaban J connectivity index is 1.97. The average molecular weight is 213 g/mol. The van der Waals surface area contributed by atoms with Crippen LogP contribution in [0.1, 0.15) is 57.8 Å². The fourth-order valence-electron chi connectivity index (χ4n) is 2.56. The molecule has 1 rings (SSSR count). The number of ether oxygens (including phenoxy) is 1. The lowest BCUT2D eigenvalue weighted by Crippen LogP contribution is -2.22. The van der Waals surface area contributed by atoms with Crippen LogP contribution in [0.2, 0.25) is 0 Å². The number of nitrogens with two attached hydrogens (primary N) is 1. The van der Waals surface area contributed by atoms with Gasteiger partial charge in [0.05, 0.1) is 0 Å². The first-order valence-corrected chi connectivity index (χ1v) is 6.57. The minimum atomic E-state index is 0.405. The van der Waals surface area contributed by atoms with Crippen LogP contribution in [-0.2, 0) is 4.74 Å². The monoisotopic (exact) mass is 213 g/mol. The highest BCUT2D eigenvalue weighted by Crippen LogP contribution is 2.27. The zero-order valence-corrected chi connectivity index (χ0v) is 10.2. The molecule has 2 N–H and O–H groups in total. The van der Waals surface area contributed by atoms with E-state index in [0.717, 1.165) is 25.4 Å². The van der Waals surface area contributed by atoms with Crippen molar-refractivity contribution in [3.8, 4) is 0 Å². The molecule has 0 aliphatic heterocycles. The molecule has 0 heterocycles. The van der Waals surface area contributed by atoms with Gasteiger partial charge in [0.15, 0.2) is 0 Å². The summed E-state index contributed by atoms with van der Waals surface area (Å²) in [4.78, 5) is 0. The van der Waals surface area contributed by atoms with Crippen LogP contribution in [-0.4, -0.2) is 19.8 Å². The van der Waals surface area contributed by atoms with Gasteiger partial charge in [-0.1, -0.05) is 32.1 Å². The molecule has 0 aromatic carbocycles. The number of methoxy groups -OCH3 is 1. The van der Waals surface area contributed by atoms with Gasteiger partial charge in [0, 0.05) is 19.8 Å². The van der Waals surface area contributed by atoms with Crippen LogP contribution in [0.5, 0.6) is 0 Å². The van der Waals surface area contributed by atoms with Crippen molar-refractivity contribution >= 4 is 0 Å². The smallest absolute Gasteiger partial charge is 0.0462 e. The average Bonchev–Trinajstić information content (AvgIpc) is 2.28. The molecule has 1 atom stereocenters. The predicted molar refractivity (Wildman–Crippen MR) is 64.9 cm³/mol. The van der Waals surface area contributed by atoms with Crippen molar-refractivity contribution in [2.24, 2.45) is 11.7 Å². The summed E-state index contributed by atoms with van der Waals surface area (Å²) in [6.45, 7) is 0.858. The van der Waals surface area contributed by atoms with Crippen molar-refractivity contribution in [3.05, 3.63) is 0 Å². The van der Waals surface area contributed by atoms with Gasteiger partial charge in [0.1, 0.15) is 0 Å². The van der Waals surface area contributed by atoms with Crippen LogP contribution in [0.25, 0.3) is 0 Å². The van der Waals surface area contributed by atoms with Gasteiger partial charge in [-0.15, -0.1) is 0 Å². The van der Waals surface area contributed by atoms with Crippen LogP contribution in [0, 0.1) is 5.92 Å². The first-order chi connectivity index (χ1) is 7.33. The van der Waals surface area contributed by atoms with E-state index < -0.39 is 0 Å². The van der Waals surface area contributed by atoms with E-state index in [4.69, 9.17) is 10.5 Å². The molecule has 90 valence electrons. The van der Waals surface area contributed by atoms with Crippen molar-refractivity contribution in [2.75, 3.05) is 13.7 Å². The Morgan fingerprint density at radius 3 is 2.60 bits per heavy atom. The molecule has 1 aliphatic rings. The molecule has 1 aliphatic carbocycles. The SMILES string of the molecule is COCCCC(N)CCC1CCCCC1. The maximum absolute atomic E-state index is 6.08. The third-order valence-electron chi connectivity index (χ3n) is 3.59. The summed E-state index contributed by atoms with van der Waals surface area (Å²) < 4.78 is 5.03. The highest BCUT2D eigenvalue weighted by Gasteiger charge is 2.14. The lowest BCUT2D eigenvalue weighted by atomic mass is 9.85. The van der Waals surface area contributed by atoms with Gasteiger partial charge in [-0.2, -0.15) is 0 Å². The molecule has 0 spiro atoms. The summed E-state index contributed by atoms with van der Waals surface area (Å²) in [7, 11) is 1.76. The fraction of sp³-hybridized carbons (Fsp3) is 1.00. The molecular weight excluding hydrogens is 186 g/mol. The van der Waals surface area contributed by atoms with E-state index in [9.17, 15) is 0 Å². The second-order valence-corrected chi connectivity index (χ2v) is 4.98. The largest absolute Gasteiger partial charge is 0.385 e. The summed E-state index contributed by atoms with van der Waals surface area (Å²) >= 11 is 0. The van der Waals surface area contributed by atoms with Crippen LogP contribution in [0.15, 0.2) is 0 Å². The van der Waals surface area contributed by atoms with E-state index in [1.165, 1.54) is 44.9 Å². The molecule has 0 aromatic heterocycles. The van der Waals surface area contributed by atoms with Crippen molar-refractivity contribution in [2.45, 2.75) is 63.8 Å². The van der Waals surface area contributed by atoms with Gasteiger partial charge >= 0.3 is 0 Å². The van der Waals surface area contributed by atoms with E-state index >= 15 is 0 Å². The Morgan fingerprint density at radius 2 is 1.93 bits per heavy atom. The van der Waals surface area contributed by atoms with E-state index in [0.29, 0.717) is 6.04 Å². The van der Waals surface area contributed by atoms with Crippen molar-refractivity contribution in [1.29, 1.82) is 0 Å².